The number of benzene rings is 1. The van der Waals surface area contributed by atoms with Crippen LogP contribution in [0.4, 0.5) is 11.4 Å². The van der Waals surface area contributed by atoms with Crippen LogP contribution in [0.5, 0.6) is 0 Å². The molecule has 0 fully saturated rings. The first-order valence-corrected chi connectivity index (χ1v) is 9.98. The summed E-state index contributed by atoms with van der Waals surface area (Å²) in [5, 5.41) is 7.40. The fourth-order valence-electron chi connectivity index (χ4n) is 2.29. The molecule has 0 aliphatic heterocycles. The summed E-state index contributed by atoms with van der Waals surface area (Å²) in [6.45, 7) is -0.323. The molecule has 3 aromatic rings. The number of thiazole rings is 1. The second-order valence-electron chi connectivity index (χ2n) is 5.95. The van der Waals surface area contributed by atoms with E-state index in [9.17, 15) is 9.59 Å². The van der Waals surface area contributed by atoms with Crippen LogP contribution in [-0.2, 0) is 20.7 Å². The predicted octanol–water partition coefficient (Wildman–Crippen LogP) is 3.66. The van der Waals surface area contributed by atoms with Crippen LogP contribution >= 0.6 is 22.7 Å². The van der Waals surface area contributed by atoms with E-state index in [4.69, 9.17) is 4.74 Å². The summed E-state index contributed by atoms with van der Waals surface area (Å²) in [5.74, 6) is -0.852. The SMILES string of the molecule is CN(C)c1ccc(NC(=O)COC(=O)Cc2csc(-c3cccs3)n2)cc1. The summed E-state index contributed by atoms with van der Waals surface area (Å²) in [7, 11) is 3.89. The Morgan fingerprint density at radius 3 is 2.59 bits per heavy atom. The fourth-order valence-corrected chi connectivity index (χ4v) is 3.92. The minimum absolute atomic E-state index is 0.0483. The van der Waals surface area contributed by atoms with Gasteiger partial charge in [-0.05, 0) is 35.7 Å². The van der Waals surface area contributed by atoms with E-state index in [0.29, 0.717) is 11.4 Å². The van der Waals surface area contributed by atoms with E-state index in [1.54, 1.807) is 23.5 Å². The lowest BCUT2D eigenvalue weighted by molar-refractivity contribution is -0.146. The first-order chi connectivity index (χ1) is 13.0. The Bertz CT molecular complexity index is 903. The molecule has 3 rings (SSSR count). The van der Waals surface area contributed by atoms with E-state index in [2.05, 4.69) is 10.3 Å². The molecular weight excluding hydrogens is 382 g/mol. The van der Waals surface area contributed by atoms with E-state index in [1.807, 2.05) is 54.0 Å². The van der Waals surface area contributed by atoms with E-state index in [-0.39, 0.29) is 18.9 Å². The Hall–Kier alpha value is -2.71. The van der Waals surface area contributed by atoms with Crippen LogP contribution in [0.1, 0.15) is 5.69 Å². The van der Waals surface area contributed by atoms with Crippen LogP contribution in [-0.4, -0.2) is 37.6 Å². The lowest BCUT2D eigenvalue weighted by Crippen LogP contribution is -2.21. The minimum Gasteiger partial charge on any atom is -0.455 e. The standard InChI is InChI=1S/C19H19N3O3S2/c1-22(2)15-7-5-13(6-8-15)20-17(23)11-25-18(24)10-14-12-27-19(21-14)16-4-3-9-26-16/h3-9,12H,10-11H2,1-2H3,(H,20,23). The Kier molecular flexibility index (Phi) is 6.20. The predicted molar refractivity (Wildman–Crippen MR) is 109 cm³/mol. The van der Waals surface area contributed by atoms with Crippen LogP contribution in [0.2, 0.25) is 0 Å². The van der Waals surface area contributed by atoms with Crippen LogP contribution in [0, 0.1) is 0 Å². The van der Waals surface area contributed by atoms with Gasteiger partial charge in [0.05, 0.1) is 17.0 Å². The van der Waals surface area contributed by atoms with Crippen molar-refractivity contribution in [1.29, 1.82) is 0 Å². The van der Waals surface area contributed by atoms with Crippen molar-refractivity contribution in [2.45, 2.75) is 6.42 Å². The molecule has 0 unspecified atom stereocenters. The number of aromatic nitrogens is 1. The molecule has 0 bridgehead atoms. The van der Waals surface area contributed by atoms with Gasteiger partial charge in [-0.3, -0.25) is 9.59 Å². The highest BCUT2D eigenvalue weighted by Gasteiger charge is 2.12. The zero-order valence-electron chi connectivity index (χ0n) is 15.0. The number of amides is 1. The molecule has 6 nitrogen and oxygen atoms in total. The summed E-state index contributed by atoms with van der Waals surface area (Å²) in [4.78, 5) is 31.4. The lowest BCUT2D eigenvalue weighted by Gasteiger charge is -2.13. The van der Waals surface area contributed by atoms with E-state index >= 15 is 0 Å². The van der Waals surface area contributed by atoms with Crippen LogP contribution in [0.25, 0.3) is 9.88 Å². The summed E-state index contributed by atoms with van der Waals surface area (Å²) >= 11 is 3.09. The van der Waals surface area contributed by atoms with Gasteiger partial charge in [0.25, 0.3) is 5.91 Å². The topological polar surface area (TPSA) is 71.5 Å². The lowest BCUT2D eigenvalue weighted by atomic mass is 10.2. The Labute approximate surface area is 165 Å². The third-order valence-corrected chi connectivity index (χ3v) is 5.57. The number of nitrogens with one attached hydrogen (secondary N) is 1. The third-order valence-electron chi connectivity index (χ3n) is 3.64. The van der Waals surface area contributed by atoms with Gasteiger partial charge in [0, 0.05) is 30.9 Å². The van der Waals surface area contributed by atoms with Crippen molar-refractivity contribution in [3.8, 4) is 9.88 Å². The van der Waals surface area contributed by atoms with Crippen molar-refractivity contribution in [3.05, 3.63) is 52.9 Å². The molecule has 1 N–H and O–H groups in total. The second-order valence-corrected chi connectivity index (χ2v) is 7.75. The maximum absolute atomic E-state index is 11.9. The van der Waals surface area contributed by atoms with Crippen molar-refractivity contribution in [1.82, 2.24) is 4.98 Å². The molecule has 1 amide bonds. The zero-order chi connectivity index (χ0) is 19.2. The number of thiophene rings is 1. The van der Waals surface area contributed by atoms with Crippen molar-refractivity contribution < 1.29 is 14.3 Å². The Balaban J connectivity index is 1.45. The molecule has 0 atom stereocenters. The molecule has 0 spiro atoms. The fraction of sp³-hybridized carbons (Fsp3) is 0.211. The number of esters is 1. The highest BCUT2D eigenvalue weighted by atomic mass is 32.1. The number of hydrogen-bond acceptors (Lipinski definition) is 7. The number of carbonyl (C=O) groups excluding carboxylic acids is 2. The number of carbonyl (C=O) groups is 2. The molecule has 2 heterocycles. The molecular formula is C19H19N3O3S2. The van der Waals surface area contributed by atoms with E-state index in [0.717, 1.165) is 15.6 Å². The van der Waals surface area contributed by atoms with Gasteiger partial charge in [-0.25, -0.2) is 4.98 Å². The average Bonchev–Trinajstić information content (AvgIpc) is 3.32. The molecule has 1 aromatic carbocycles. The number of nitrogens with zero attached hydrogens (tertiary/aromatic N) is 2. The van der Waals surface area contributed by atoms with Gasteiger partial charge in [-0.1, -0.05) is 6.07 Å². The van der Waals surface area contributed by atoms with Crippen molar-refractivity contribution in [2.75, 3.05) is 30.9 Å². The molecule has 140 valence electrons. The van der Waals surface area contributed by atoms with E-state index < -0.39 is 5.97 Å². The molecule has 0 saturated carbocycles. The quantitative estimate of drug-likeness (QED) is 0.612. The first kappa shape index (κ1) is 19.1. The Morgan fingerprint density at radius 2 is 1.93 bits per heavy atom. The van der Waals surface area contributed by atoms with Crippen LogP contribution in [0.15, 0.2) is 47.2 Å². The maximum atomic E-state index is 11.9. The van der Waals surface area contributed by atoms with Crippen molar-refractivity contribution >= 4 is 45.9 Å². The summed E-state index contributed by atoms with van der Waals surface area (Å²) in [5.41, 5.74) is 2.33. The molecule has 0 saturated heterocycles. The maximum Gasteiger partial charge on any atom is 0.312 e. The van der Waals surface area contributed by atoms with Gasteiger partial charge in [-0.2, -0.15) is 0 Å². The van der Waals surface area contributed by atoms with Crippen molar-refractivity contribution in [2.24, 2.45) is 0 Å². The summed E-state index contributed by atoms with van der Waals surface area (Å²) in [6, 6.07) is 11.3. The van der Waals surface area contributed by atoms with Crippen molar-refractivity contribution in [3.63, 3.8) is 0 Å². The van der Waals surface area contributed by atoms with Crippen LogP contribution < -0.4 is 10.2 Å². The summed E-state index contributed by atoms with van der Waals surface area (Å²) < 4.78 is 5.05. The molecule has 2 aromatic heterocycles. The monoisotopic (exact) mass is 401 g/mol. The largest absolute Gasteiger partial charge is 0.455 e. The van der Waals surface area contributed by atoms with Gasteiger partial charge in [-0.15, -0.1) is 22.7 Å². The second kappa shape index (κ2) is 8.79. The zero-order valence-corrected chi connectivity index (χ0v) is 16.6. The number of anilines is 2. The third kappa shape index (κ3) is 5.38. The number of ether oxygens (including phenoxy) is 1. The van der Waals surface area contributed by atoms with Gasteiger partial charge in [0.1, 0.15) is 5.01 Å². The number of rotatable bonds is 7. The molecule has 0 aliphatic carbocycles. The highest BCUT2D eigenvalue weighted by molar-refractivity contribution is 7.20. The normalized spacial score (nSPS) is 10.4. The first-order valence-electron chi connectivity index (χ1n) is 8.22. The smallest absolute Gasteiger partial charge is 0.312 e. The molecule has 27 heavy (non-hydrogen) atoms. The van der Waals surface area contributed by atoms with Gasteiger partial charge >= 0.3 is 5.97 Å². The molecule has 0 aliphatic rings. The van der Waals surface area contributed by atoms with Gasteiger partial charge in [0.2, 0.25) is 0 Å². The van der Waals surface area contributed by atoms with Gasteiger partial charge in [0.15, 0.2) is 6.61 Å². The average molecular weight is 402 g/mol. The minimum atomic E-state index is -0.476. The molecule has 0 radical (unpaired) electrons. The van der Waals surface area contributed by atoms with Gasteiger partial charge < -0.3 is 15.0 Å². The summed E-state index contributed by atoms with van der Waals surface area (Å²) in [6.07, 6.45) is 0.0483. The highest BCUT2D eigenvalue weighted by Crippen LogP contribution is 2.27. The Morgan fingerprint density at radius 1 is 1.15 bits per heavy atom. The number of hydrogen-bond donors (Lipinski definition) is 1. The van der Waals surface area contributed by atoms with Crippen LogP contribution in [0.3, 0.4) is 0 Å². The van der Waals surface area contributed by atoms with E-state index in [1.165, 1.54) is 11.3 Å². The molecule has 8 heteroatoms.